The molecule has 0 aromatic heterocycles. The number of aliphatic hydroxyl groups excluding tert-OH is 1. The summed E-state index contributed by atoms with van der Waals surface area (Å²) in [6.45, 7) is 0.626. The topological polar surface area (TPSA) is 38.7 Å². The Balaban J connectivity index is 1.77. The van der Waals surface area contributed by atoms with Crippen LogP contribution >= 0.6 is 11.8 Å². The normalized spacial score (nSPS) is 13.1. The van der Waals surface area contributed by atoms with E-state index in [9.17, 15) is 0 Å². The average Bonchev–Trinajstić information content (AvgIpc) is 2.76. The summed E-state index contributed by atoms with van der Waals surface area (Å²) >= 11 is 1.87. The molecule has 0 saturated heterocycles. The van der Waals surface area contributed by atoms with Crippen LogP contribution in [0.4, 0.5) is 0 Å². The van der Waals surface area contributed by atoms with E-state index < -0.39 is 0 Å². The second-order valence-corrected chi connectivity index (χ2v) is 4.85. The minimum Gasteiger partial charge on any atom is -0.454 e. The molecule has 1 aromatic rings. The number of hydrogen-bond acceptors (Lipinski definition) is 4. The number of ether oxygens (including phenoxy) is 2. The molecule has 1 aliphatic heterocycles. The zero-order chi connectivity index (χ0) is 11.2. The highest BCUT2D eigenvalue weighted by molar-refractivity contribution is 7.99. The van der Waals surface area contributed by atoms with Gasteiger partial charge in [0.2, 0.25) is 6.79 Å². The fourth-order valence-corrected chi connectivity index (χ4v) is 2.47. The Morgan fingerprint density at radius 2 is 2.06 bits per heavy atom. The Morgan fingerprint density at radius 3 is 2.94 bits per heavy atom. The second-order valence-electron chi connectivity index (χ2n) is 3.63. The Labute approximate surface area is 99.8 Å². The summed E-state index contributed by atoms with van der Waals surface area (Å²) in [6.07, 6.45) is 1.92. The van der Waals surface area contributed by atoms with Crippen molar-refractivity contribution in [3.63, 3.8) is 0 Å². The van der Waals surface area contributed by atoms with E-state index in [1.165, 1.54) is 5.56 Å². The Bertz CT molecular complexity index is 341. The molecule has 88 valence electrons. The Kier molecular flexibility index (Phi) is 4.36. The van der Waals surface area contributed by atoms with Gasteiger partial charge in [0.15, 0.2) is 11.5 Å². The van der Waals surface area contributed by atoms with Crippen LogP contribution in [0.15, 0.2) is 18.2 Å². The molecule has 16 heavy (non-hydrogen) atoms. The smallest absolute Gasteiger partial charge is 0.231 e. The molecule has 0 amide bonds. The van der Waals surface area contributed by atoms with Gasteiger partial charge in [-0.05, 0) is 42.0 Å². The lowest BCUT2D eigenvalue weighted by molar-refractivity contribution is 0.174. The molecule has 0 saturated carbocycles. The fraction of sp³-hybridized carbons (Fsp3) is 0.500. The lowest BCUT2D eigenvalue weighted by Crippen LogP contribution is -1.93. The van der Waals surface area contributed by atoms with Crippen molar-refractivity contribution in [1.29, 1.82) is 0 Å². The lowest BCUT2D eigenvalue weighted by atomic mass is 10.1. The number of aliphatic hydroxyl groups is 1. The molecular weight excluding hydrogens is 224 g/mol. The number of rotatable bonds is 6. The van der Waals surface area contributed by atoms with Crippen molar-refractivity contribution < 1.29 is 14.6 Å². The summed E-state index contributed by atoms with van der Waals surface area (Å²) in [5.74, 6) is 3.82. The third kappa shape index (κ3) is 3.06. The van der Waals surface area contributed by atoms with E-state index >= 15 is 0 Å². The first kappa shape index (κ1) is 11.6. The Morgan fingerprint density at radius 1 is 1.19 bits per heavy atom. The van der Waals surface area contributed by atoms with Crippen molar-refractivity contribution in [2.75, 3.05) is 24.9 Å². The fourth-order valence-electron chi connectivity index (χ4n) is 1.56. The standard InChI is InChI=1S/C12H16O3S/c13-5-1-6-16-7-4-10-2-3-11-12(8-10)15-9-14-11/h2-3,8,13H,1,4-7,9H2. The maximum atomic E-state index is 8.64. The van der Waals surface area contributed by atoms with Gasteiger partial charge in [0.05, 0.1) is 0 Å². The van der Waals surface area contributed by atoms with Crippen LogP contribution in [0.25, 0.3) is 0 Å². The monoisotopic (exact) mass is 240 g/mol. The van der Waals surface area contributed by atoms with Crippen molar-refractivity contribution in [3.05, 3.63) is 23.8 Å². The zero-order valence-corrected chi connectivity index (χ0v) is 9.96. The zero-order valence-electron chi connectivity index (χ0n) is 9.15. The summed E-state index contributed by atoms with van der Waals surface area (Å²) in [6, 6.07) is 6.10. The molecule has 0 atom stereocenters. The summed E-state index contributed by atoms with van der Waals surface area (Å²) in [4.78, 5) is 0. The summed E-state index contributed by atoms with van der Waals surface area (Å²) in [5.41, 5.74) is 1.28. The van der Waals surface area contributed by atoms with Crippen molar-refractivity contribution in [2.24, 2.45) is 0 Å². The van der Waals surface area contributed by atoms with Gasteiger partial charge in [0, 0.05) is 6.61 Å². The quantitative estimate of drug-likeness (QED) is 0.773. The molecule has 2 rings (SSSR count). The minimum atomic E-state index is 0.289. The largest absolute Gasteiger partial charge is 0.454 e. The van der Waals surface area contributed by atoms with Gasteiger partial charge in [-0.1, -0.05) is 6.07 Å². The molecule has 0 bridgehead atoms. The number of thioether (sulfide) groups is 1. The molecule has 0 fully saturated rings. The SMILES string of the molecule is OCCCSCCc1ccc2c(c1)OCO2. The third-order valence-electron chi connectivity index (χ3n) is 2.42. The molecule has 1 heterocycles. The molecule has 3 nitrogen and oxygen atoms in total. The molecule has 1 aromatic carbocycles. The molecule has 1 N–H and O–H groups in total. The van der Waals surface area contributed by atoms with E-state index in [0.717, 1.165) is 35.8 Å². The predicted octanol–water partition coefficient (Wildman–Crippen LogP) is 2.07. The van der Waals surface area contributed by atoms with Crippen molar-refractivity contribution in [3.8, 4) is 11.5 Å². The predicted molar refractivity (Wildman–Crippen MR) is 65.3 cm³/mol. The third-order valence-corrected chi connectivity index (χ3v) is 3.49. The first-order chi connectivity index (χ1) is 7.90. The summed E-state index contributed by atoms with van der Waals surface area (Å²) in [5, 5.41) is 8.64. The number of aryl methyl sites for hydroxylation is 1. The first-order valence-corrected chi connectivity index (χ1v) is 6.63. The van der Waals surface area contributed by atoms with Gasteiger partial charge in [-0.3, -0.25) is 0 Å². The highest BCUT2D eigenvalue weighted by Crippen LogP contribution is 2.32. The minimum absolute atomic E-state index is 0.289. The van der Waals surface area contributed by atoms with E-state index in [-0.39, 0.29) is 6.61 Å². The van der Waals surface area contributed by atoms with Crippen LogP contribution in [0.3, 0.4) is 0 Å². The van der Waals surface area contributed by atoms with E-state index in [4.69, 9.17) is 14.6 Å². The Hall–Kier alpha value is -0.870. The highest BCUT2D eigenvalue weighted by atomic mass is 32.2. The van der Waals surface area contributed by atoms with Crippen LogP contribution in [0.5, 0.6) is 11.5 Å². The van der Waals surface area contributed by atoms with Gasteiger partial charge in [-0.2, -0.15) is 11.8 Å². The molecule has 4 heteroatoms. The van der Waals surface area contributed by atoms with Gasteiger partial charge >= 0.3 is 0 Å². The van der Waals surface area contributed by atoms with E-state index in [1.807, 2.05) is 17.8 Å². The number of fused-ring (bicyclic) bond motifs is 1. The van der Waals surface area contributed by atoms with Crippen molar-refractivity contribution in [2.45, 2.75) is 12.8 Å². The van der Waals surface area contributed by atoms with Gasteiger partial charge in [0.1, 0.15) is 0 Å². The highest BCUT2D eigenvalue weighted by Gasteiger charge is 2.12. The van der Waals surface area contributed by atoms with Crippen molar-refractivity contribution in [1.82, 2.24) is 0 Å². The average molecular weight is 240 g/mol. The van der Waals surface area contributed by atoms with Gasteiger partial charge in [-0.15, -0.1) is 0 Å². The van der Waals surface area contributed by atoms with E-state index in [0.29, 0.717) is 6.79 Å². The summed E-state index contributed by atoms with van der Waals surface area (Å²) in [7, 11) is 0. The second kappa shape index (κ2) is 6.01. The first-order valence-electron chi connectivity index (χ1n) is 5.47. The number of benzene rings is 1. The molecule has 0 spiro atoms. The van der Waals surface area contributed by atoms with Gasteiger partial charge in [0.25, 0.3) is 0 Å². The van der Waals surface area contributed by atoms with Crippen LogP contribution in [0.1, 0.15) is 12.0 Å². The lowest BCUT2D eigenvalue weighted by Gasteiger charge is -2.03. The van der Waals surface area contributed by atoms with E-state index in [2.05, 4.69) is 12.1 Å². The molecule has 0 radical (unpaired) electrons. The molecular formula is C12H16O3S. The molecule has 1 aliphatic rings. The van der Waals surface area contributed by atoms with E-state index in [1.54, 1.807) is 0 Å². The van der Waals surface area contributed by atoms with Crippen LogP contribution in [0.2, 0.25) is 0 Å². The maximum absolute atomic E-state index is 8.64. The van der Waals surface area contributed by atoms with Crippen LogP contribution < -0.4 is 9.47 Å². The van der Waals surface area contributed by atoms with Gasteiger partial charge < -0.3 is 14.6 Å². The van der Waals surface area contributed by atoms with Crippen LogP contribution in [-0.2, 0) is 6.42 Å². The van der Waals surface area contributed by atoms with Crippen molar-refractivity contribution >= 4 is 11.8 Å². The molecule has 0 unspecified atom stereocenters. The summed E-state index contributed by atoms with van der Waals surface area (Å²) < 4.78 is 10.6. The van der Waals surface area contributed by atoms with Crippen LogP contribution in [-0.4, -0.2) is 30.0 Å². The molecule has 0 aliphatic carbocycles. The maximum Gasteiger partial charge on any atom is 0.231 e. The number of hydrogen-bond donors (Lipinski definition) is 1. The van der Waals surface area contributed by atoms with Crippen LogP contribution in [0, 0.1) is 0 Å². The van der Waals surface area contributed by atoms with Gasteiger partial charge in [-0.25, -0.2) is 0 Å².